The van der Waals surface area contributed by atoms with E-state index in [9.17, 15) is 14.0 Å². The van der Waals surface area contributed by atoms with E-state index in [4.69, 9.17) is 16.3 Å². The number of anilines is 1. The van der Waals surface area contributed by atoms with E-state index >= 15 is 0 Å². The molecule has 39 heavy (non-hydrogen) atoms. The first-order valence-electron chi connectivity index (χ1n) is 12.3. The van der Waals surface area contributed by atoms with Crippen LogP contribution in [-0.4, -0.2) is 45.5 Å². The van der Waals surface area contributed by atoms with Crippen LogP contribution < -0.4 is 15.0 Å². The molecule has 200 valence electrons. The standard InChI is InChI=1S/C28H25ClFN5O3S/c29-20-7-13-23(14-8-20)38-17-26(36)31-16-25-32-33-28(35(25)22-11-9-21(30)10-12-22)39-18-27(37)34-15-3-5-19-4-1-2-6-24(19)34/h1-2,4,6-14H,3,5,15-18H2,(H,31,36). The summed E-state index contributed by atoms with van der Waals surface area (Å²) in [7, 11) is 0. The summed E-state index contributed by atoms with van der Waals surface area (Å²) >= 11 is 7.12. The number of nitrogens with zero attached hydrogens (tertiary/aromatic N) is 4. The second-order valence-electron chi connectivity index (χ2n) is 8.80. The van der Waals surface area contributed by atoms with Crippen LogP contribution in [0.2, 0.25) is 5.02 Å². The Balaban J connectivity index is 1.27. The monoisotopic (exact) mass is 565 g/mol. The number of hydrogen-bond donors (Lipinski definition) is 1. The Bertz CT molecular complexity index is 1460. The van der Waals surface area contributed by atoms with Gasteiger partial charge in [-0.05, 0) is 73.0 Å². The summed E-state index contributed by atoms with van der Waals surface area (Å²) in [5, 5.41) is 12.3. The van der Waals surface area contributed by atoms with Gasteiger partial charge in [-0.15, -0.1) is 10.2 Å². The number of rotatable bonds is 9. The molecule has 0 radical (unpaired) electrons. The van der Waals surface area contributed by atoms with Crippen LogP contribution in [-0.2, 0) is 22.6 Å². The highest BCUT2D eigenvalue weighted by Crippen LogP contribution is 2.29. The molecule has 4 aromatic rings. The zero-order valence-electron chi connectivity index (χ0n) is 20.8. The van der Waals surface area contributed by atoms with Gasteiger partial charge in [-0.3, -0.25) is 14.2 Å². The summed E-state index contributed by atoms with van der Waals surface area (Å²) in [6.07, 6.45) is 1.86. The van der Waals surface area contributed by atoms with Crippen LogP contribution in [0.1, 0.15) is 17.8 Å². The first-order chi connectivity index (χ1) is 19.0. The molecule has 0 saturated heterocycles. The second kappa shape index (κ2) is 12.3. The molecule has 3 aromatic carbocycles. The van der Waals surface area contributed by atoms with E-state index in [2.05, 4.69) is 15.5 Å². The molecule has 0 aliphatic carbocycles. The van der Waals surface area contributed by atoms with Gasteiger partial charge in [0.1, 0.15) is 11.6 Å². The third-order valence-electron chi connectivity index (χ3n) is 6.15. The number of aromatic nitrogens is 3. The fourth-order valence-corrected chi connectivity index (χ4v) is 5.24. The number of halogens is 2. The maximum Gasteiger partial charge on any atom is 0.258 e. The van der Waals surface area contributed by atoms with Crippen molar-refractivity contribution >= 4 is 40.9 Å². The molecule has 0 bridgehead atoms. The van der Waals surface area contributed by atoms with Gasteiger partial charge >= 0.3 is 0 Å². The number of amides is 2. The topological polar surface area (TPSA) is 89.3 Å². The number of carbonyl (C=O) groups is 2. The lowest BCUT2D eigenvalue weighted by atomic mass is 10.0. The quantitative estimate of drug-likeness (QED) is 0.293. The number of benzene rings is 3. The minimum atomic E-state index is -0.380. The van der Waals surface area contributed by atoms with Crippen molar-refractivity contribution in [3.8, 4) is 11.4 Å². The number of nitrogens with one attached hydrogen (secondary N) is 1. The maximum absolute atomic E-state index is 13.6. The number of carbonyl (C=O) groups excluding carboxylic acids is 2. The smallest absolute Gasteiger partial charge is 0.258 e. The zero-order chi connectivity index (χ0) is 27.2. The molecule has 2 amide bonds. The summed E-state index contributed by atoms with van der Waals surface area (Å²) < 4.78 is 20.8. The second-order valence-corrected chi connectivity index (χ2v) is 10.2. The molecule has 1 N–H and O–H groups in total. The van der Waals surface area contributed by atoms with Gasteiger partial charge in [-0.2, -0.15) is 0 Å². The number of fused-ring (bicyclic) bond motifs is 1. The Morgan fingerprint density at radius 2 is 1.79 bits per heavy atom. The van der Waals surface area contributed by atoms with Gasteiger partial charge in [-0.25, -0.2) is 4.39 Å². The van der Waals surface area contributed by atoms with E-state index in [0.717, 1.165) is 24.1 Å². The van der Waals surface area contributed by atoms with Gasteiger partial charge in [0.05, 0.1) is 12.3 Å². The largest absolute Gasteiger partial charge is 0.484 e. The third kappa shape index (κ3) is 6.58. The van der Waals surface area contributed by atoms with E-state index in [-0.39, 0.29) is 36.5 Å². The summed E-state index contributed by atoms with van der Waals surface area (Å²) in [5.41, 5.74) is 2.72. The molecule has 1 aliphatic heterocycles. The molecule has 1 aliphatic rings. The predicted molar refractivity (Wildman–Crippen MR) is 148 cm³/mol. The predicted octanol–water partition coefficient (Wildman–Crippen LogP) is 4.83. The van der Waals surface area contributed by atoms with Crippen molar-refractivity contribution in [2.24, 2.45) is 0 Å². The van der Waals surface area contributed by atoms with Crippen molar-refractivity contribution in [1.82, 2.24) is 20.1 Å². The van der Waals surface area contributed by atoms with Crippen LogP contribution in [0.3, 0.4) is 0 Å². The van der Waals surface area contributed by atoms with E-state index in [1.54, 1.807) is 41.0 Å². The molecule has 5 rings (SSSR count). The Kier molecular flexibility index (Phi) is 8.43. The SMILES string of the molecule is O=C(COc1ccc(Cl)cc1)NCc1nnc(SCC(=O)N2CCCc3ccccc32)n1-c1ccc(F)cc1. The lowest BCUT2D eigenvalue weighted by Gasteiger charge is -2.29. The number of aryl methyl sites for hydroxylation is 1. The molecule has 0 spiro atoms. The third-order valence-corrected chi connectivity index (χ3v) is 7.31. The van der Waals surface area contributed by atoms with E-state index in [1.165, 1.54) is 23.9 Å². The highest BCUT2D eigenvalue weighted by molar-refractivity contribution is 7.99. The summed E-state index contributed by atoms with van der Waals surface area (Å²) in [4.78, 5) is 27.4. The van der Waals surface area contributed by atoms with Crippen LogP contribution in [0.15, 0.2) is 78.0 Å². The number of para-hydroxylation sites is 1. The molecule has 2 heterocycles. The molecule has 0 atom stereocenters. The van der Waals surface area contributed by atoms with E-state index in [0.29, 0.717) is 34.0 Å². The lowest BCUT2D eigenvalue weighted by Crippen LogP contribution is -2.36. The molecule has 11 heteroatoms. The van der Waals surface area contributed by atoms with Gasteiger partial charge in [0.2, 0.25) is 5.91 Å². The lowest BCUT2D eigenvalue weighted by molar-refractivity contribution is -0.123. The molecule has 0 saturated carbocycles. The number of ether oxygens (including phenoxy) is 1. The van der Waals surface area contributed by atoms with Crippen LogP contribution >= 0.6 is 23.4 Å². The van der Waals surface area contributed by atoms with Crippen molar-refractivity contribution in [3.05, 3.63) is 95.0 Å². The molecule has 1 aromatic heterocycles. The molecule has 0 unspecified atom stereocenters. The van der Waals surface area contributed by atoms with E-state index < -0.39 is 0 Å². The Morgan fingerprint density at radius 3 is 2.59 bits per heavy atom. The van der Waals surface area contributed by atoms with Crippen molar-refractivity contribution in [1.29, 1.82) is 0 Å². The van der Waals surface area contributed by atoms with Crippen LogP contribution in [0.4, 0.5) is 10.1 Å². The van der Waals surface area contributed by atoms with Gasteiger partial charge in [0.15, 0.2) is 17.6 Å². The first-order valence-corrected chi connectivity index (χ1v) is 13.7. The minimum absolute atomic E-state index is 0.0324. The Hall–Kier alpha value is -3.89. The summed E-state index contributed by atoms with van der Waals surface area (Å²) in [6.45, 7) is 0.525. The summed E-state index contributed by atoms with van der Waals surface area (Å²) in [6, 6.07) is 20.5. The van der Waals surface area contributed by atoms with Crippen molar-refractivity contribution in [2.45, 2.75) is 24.5 Å². The average molecular weight is 566 g/mol. The molecule has 8 nitrogen and oxygen atoms in total. The normalized spacial score (nSPS) is 12.6. The average Bonchev–Trinajstić information content (AvgIpc) is 3.37. The highest BCUT2D eigenvalue weighted by atomic mass is 35.5. The van der Waals surface area contributed by atoms with Crippen LogP contribution in [0, 0.1) is 5.82 Å². The highest BCUT2D eigenvalue weighted by Gasteiger charge is 2.24. The first kappa shape index (κ1) is 26.7. The van der Waals surface area contributed by atoms with Crippen molar-refractivity contribution in [3.63, 3.8) is 0 Å². The molecular formula is C28H25ClFN5O3S. The van der Waals surface area contributed by atoms with Gasteiger partial charge in [0.25, 0.3) is 5.91 Å². The van der Waals surface area contributed by atoms with Crippen LogP contribution in [0.25, 0.3) is 5.69 Å². The molecular weight excluding hydrogens is 541 g/mol. The van der Waals surface area contributed by atoms with Crippen LogP contribution in [0.5, 0.6) is 5.75 Å². The zero-order valence-corrected chi connectivity index (χ0v) is 22.4. The number of hydrogen-bond acceptors (Lipinski definition) is 6. The van der Waals surface area contributed by atoms with Gasteiger partial charge < -0.3 is 15.0 Å². The summed E-state index contributed by atoms with van der Waals surface area (Å²) in [5.74, 6) is 0.328. The fourth-order valence-electron chi connectivity index (χ4n) is 4.26. The Labute approximate surface area is 234 Å². The number of thioether (sulfide) groups is 1. The van der Waals surface area contributed by atoms with E-state index in [1.807, 2.05) is 29.2 Å². The maximum atomic E-state index is 13.6. The minimum Gasteiger partial charge on any atom is -0.484 e. The van der Waals surface area contributed by atoms with Crippen molar-refractivity contribution in [2.75, 3.05) is 23.8 Å². The van der Waals surface area contributed by atoms with Gasteiger partial charge in [0, 0.05) is 22.9 Å². The fraction of sp³-hybridized carbons (Fsp3) is 0.214. The van der Waals surface area contributed by atoms with Crippen molar-refractivity contribution < 1.29 is 18.7 Å². The Morgan fingerprint density at radius 1 is 1.03 bits per heavy atom. The van der Waals surface area contributed by atoms with Gasteiger partial charge in [-0.1, -0.05) is 41.6 Å². The molecule has 0 fully saturated rings.